The van der Waals surface area contributed by atoms with E-state index in [2.05, 4.69) is 22.5 Å². The molecule has 2 heterocycles. The van der Waals surface area contributed by atoms with Crippen molar-refractivity contribution in [2.45, 2.75) is 38.1 Å². The maximum Gasteiger partial charge on any atom is 0.325 e. The van der Waals surface area contributed by atoms with Gasteiger partial charge in [0.2, 0.25) is 5.91 Å². The second-order valence-corrected chi connectivity index (χ2v) is 9.70. The molecule has 1 saturated carbocycles. The predicted molar refractivity (Wildman–Crippen MR) is 124 cm³/mol. The molecule has 3 aromatic rings. The molecule has 1 aromatic heterocycles. The molecule has 1 saturated heterocycles. The summed E-state index contributed by atoms with van der Waals surface area (Å²) in [5.41, 5.74) is 1.46. The van der Waals surface area contributed by atoms with Crippen LogP contribution >= 0.6 is 11.3 Å². The quantitative estimate of drug-likeness (QED) is 0.579. The number of urea groups is 1. The first-order valence-corrected chi connectivity index (χ1v) is 11.7. The molecule has 1 aliphatic carbocycles. The number of aromatic nitrogens is 1. The van der Waals surface area contributed by atoms with Gasteiger partial charge in [-0.3, -0.25) is 14.5 Å². The van der Waals surface area contributed by atoms with E-state index < -0.39 is 17.5 Å². The van der Waals surface area contributed by atoms with E-state index in [-0.39, 0.29) is 12.5 Å². The van der Waals surface area contributed by atoms with Gasteiger partial charge in [0, 0.05) is 5.56 Å². The van der Waals surface area contributed by atoms with Crippen molar-refractivity contribution < 1.29 is 14.4 Å². The number of amides is 4. The van der Waals surface area contributed by atoms with Gasteiger partial charge in [-0.15, -0.1) is 11.3 Å². The summed E-state index contributed by atoms with van der Waals surface area (Å²) >= 11 is 1.55. The average Bonchev–Trinajstić information content (AvgIpc) is 3.31. The Labute approximate surface area is 189 Å². The number of nitrogens with one attached hydrogen (secondary N) is 2. The number of hydrogen-bond donors (Lipinski definition) is 2. The molecule has 5 rings (SSSR count). The van der Waals surface area contributed by atoms with E-state index in [9.17, 15) is 14.4 Å². The molecule has 8 heteroatoms. The smallest absolute Gasteiger partial charge is 0.324 e. The number of rotatable bonds is 4. The molecular formula is C24H24N4O3S. The minimum absolute atomic E-state index is 0.288. The number of imide groups is 1. The van der Waals surface area contributed by atoms with Crippen LogP contribution in [-0.2, 0) is 9.59 Å². The fourth-order valence-corrected chi connectivity index (χ4v) is 5.52. The fraction of sp³-hybridized carbons (Fsp3) is 0.333. The molecule has 4 amide bonds. The van der Waals surface area contributed by atoms with Crippen molar-refractivity contribution in [1.29, 1.82) is 0 Å². The van der Waals surface area contributed by atoms with E-state index >= 15 is 0 Å². The molecule has 0 unspecified atom stereocenters. The van der Waals surface area contributed by atoms with Crippen molar-refractivity contribution in [2.75, 3.05) is 11.9 Å². The van der Waals surface area contributed by atoms with Crippen molar-refractivity contribution in [2.24, 2.45) is 5.92 Å². The molecule has 2 N–H and O–H groups in total. The lowest BCUT2D eigenvalue weighted by Gasteiger charge is -2.33. The normalized spacial score (nSPS) is 23.0. The summed E-state index contributed by atoms with van der Waals surface area (Å²) in [5, 5.41) is 6.53. The lowest BCUT2D eigenvalue weighted by atomic mass is 9.77. The van der Waals surface area contributed by atoms with Crippen LogP contribution in [0.1, 0.15) is 32.6 Å². The first-order chi connectivity index (χ1) is 15.4. The predicted octanol–water partition coefficient (Wildman–Crippen LogP) is 4.40. The summed E-state index contributed by atoms with van der Waals surface area (Å²) in [4.78, 5) is 44.1. The number of thiazole rings is 1. The lowest BCUT2D eigenvalue weighted by molar-refractivity contribution is -0.135. The molecular weight excluding hydrogens is 424 g/mol. The number of para-hydroxylation sites is 2. The highest BCUT2D eigenvalue weighted by molar-refractivity contribution is 7.21. The Morgan fingerprint density at radius 2 is 1.88 bits per heavy atom. The van der Waals surface area contributed by atoms with E-state index in [1.807, 2.05) is 42.5 Å². The number of fused-ring (bicyclic) bond motifs is 1. The number of benzene rings is 2. The third-order valence-corrected chi connectivity index (χ3v) is 7.47. The molecule has 2 fully saturated rings. The van der Waals surface area contributed by atoms with Gasteiger partial charge in [-0.05, 0) is 55.9 Å². The van der Waals surface area contributed by atoms with Crippen molar-refractivity contribution in [3.63, 3.8) is 0 Å². The number of hydrogen-bond acceptors (Lipinski definition) is 5. The zero-order valence-electron chi connectivity index (χ0n) is 17.8. The molecule has 7 nitrogen and oxygen atoms in total. The van der Waals surface area contributed by atoms with Crippen LogP contribution in [0.15, 0.2) is 48.5 Å². The standard InChI is InChI=1S/C24H24N4O3S/c1-15-10-12-24(13-11-15)22(30)28(23(31)27-24)14-20(29)25-17-7-3-2-6-16(17)21-26-18-8-4-5-9-19(18)32-21/h2-9,15H,10-14H2,1H3,(H,25,29)(H,27,31). The zero-order chi connectivity index (χ0) is 22.3. The largest absolute Gasteiger partial charge is 0.325 e. The lowest BCUT2D eigenvalue weighted by Crippen LogP contribution is -2.49. The minimum atomic E-state index is -0.844. The van der Waals surface area contributed by atoms with Gasteiger partial charge < -0.3 is 10.6 Å². The summed E-state index contributed by atoms with van der Waals surface area (Å²) in [6, 6.07) is 14.8. The number of carbonyl (C=O) groups excluding carboxylic acids is 3. The Hall–Kier alpha value is -3.26. The van der Waals surface area contributed by atoms with Gasteiger partial charge in [-0.1, -0.05) is 31.2 Å². The monoisotopic (exact) mass is 448 g/mol. The highest BCUT2D eigenvalue weighted by atomic mass is 32.1. The second-order valence-electron chi connectivity index (χ2n) is 8.67. The van der Waals surface area contributed by atoms with Crippen LogP contribution in [0.5, 0.6) is 0 Å². The maximum absolute atomic E-state index is 13.0. The van der Waals surface area contributed by atoms with E-state index in [1.165, 1.54) is 0 Å². The number of anilines is 1. The van der Waals surface area contributed by atoms with Crippen LogP contribution < -0.4 is 10.6 Å². The molecule has 0 radical (unpaired) electrons. The minimum Gasteiger partial charge on any atom is -0.324 e. The van der Waals surface area contributed by atoms with Crippen molar-refractivity contribution in [3.05, 3.63) is 48.5 Å². The molecule has 1 spiro atoms. The molecule has 164 valence electrons. The SMILES string of the molecule is CC1CCC2(CC1)NC(=O)N(CC(=O)Nc1ccccc1-c1nc3ccccc3s1)C2=O. The Morgan fingerprint density at radius 3 is 2.66 bits per heavy atom. The van der Waals surface area contributed by atoms with E-state index in [0.29, 0.717) is 24.4 Å². The van der Waals surface area contributed by atoms with Crippen LogP contribution in [0.4, 0.5) is 10.5 Å². The van der Waals surface area contributed by atoms with Crippen molar-refractivity contribution in [3.8, 4) is 10.6 Å². The topological polar surface area (TPSA) is 91.4 Å². The highest BCUT2D eigenvalue weighted by Crippen LogP contribution is 2.37. The van der Waals surface area contributed by atoms with Crippen LogP contribution in [-0.4, -0.2) is 39.8 Å². The maximum atomic E-state index is 13.0. The molecule has 0 atom stereocenters. The van der Waals surface area contributed by atoms with E-state index in [1.54, 1.807) is 17.4 Å². The van der Waals surface area contributed by atoms with Gasteiger partial charge in [0.15, 0.2) is 0 Å². The van der Waals surface area contributed by atoms with Crippen LogP contribution in [0.3, 0.4) is 0 Å². The van der Waals surface area contributed by atoms with Gasteiger partial charge in [-0.2, -0.15) is 0 Å². The van der Waals surface area contributed by atoms with Crippen molar-refractivity contribution >= 4 is 45.1 Å². The molecule has 0 bridgehead atoms. The first kappa shape index (κ1) is 20.6. The number of carbonyl (C=O) groups is 3. The summed E-state index contributed by atoms with van der Waals surface area (Å²) < 4.78 is 1.06. The Morgan fingerprint density at radius 1 is 1.16 bits per heavy atom. The summed E-state index contributed by atoms with van der Waals surface area (Å²) in [7, 11) is 0. The van der Waals surface area contributed by atoms with E-state index in [4.69, 9.17) is 0 Å². The van der Waals surface area contributed by atoms with Gasteiger partial charge >= 0.3 is 6.03 Å². The third kappa shape index (κ3) is 3.64. The zero-order valence-corrected chi connectivity index (χ0v) is 18.6. The fourth-order valence-electron chi connectivity index (χ4n) is 4.51. The Bertz CT molecular complexity index is 1180. The van der Waals surface area contributed by atoms with Crippen LogP contribution in [0, 0.1) is 5.92 Å². The van der Waals surface area contributed by atoms with Crippen molar-refractivity contribution in [1.82, 2.24) is 15.2 Å². The average molecular weight is 449 g/mol. The third-order valence-electron chi connectivity index (χ3n) is 6.40. The van der Waals surface area contributed by atoms with Gasteiger partial charge in [0.05, 0.1) is 15.9 Å². The van der Waals surface area contributed by atoms with Crippen LogP contribution in [0.25, 0.3) is 20.8 Å². The summed E-state index contributed by atoms with van der Waals surface area (Å²) in [6.45, 7) is 1.85. The first-order valence-electron chi connectivity index (χ1n) is 10.8. The number of nitrogens with zero attached hydrogens (tertiary/aromatic N) is 2. The molecule has 32 heavy (non-hydrogen) atoms. The Balaban J connectivity index is 1.33. The molecule has 1 aliphatic heterocycles. The van der Waals surface area contributed by atoms with Gasteiger partial charge in [0.1, 0.15) is 17.1 Å². The molecule has 2 aromatic carbocycles. The van der Waals surface area contributed by atoms with Crippen LogP contribution in [0.2, 0.25) is 0 Å². The highest BCUT2D eigenvalue weighted by Gasteiger charge is 2.52. The molecule has 2 aliphatic rings. The Kier molecular flexibility index (Phi) is 5.17. The summed E-state index contributed by atoms with van der Waals surface area (Å²) in [6.07, 6.45) is 3.03. The van der Waals surface area contributed by atoms with E-state index in [0.717, 1.165) is 38.5 Å². The van der Waals surface area contributed by atoms with Gasteiger partial charge in [-0.25, -0.2) is 9.78 Å². The summed E-state index contributed by atoms with van der Waals surface area (Å²) in [5.74, 6) is -0.158. The van der Waals surface area contributed by atoms with Gasteiger partial charge in [0.25, 0.3) is 5.91 Å². The second kappa shape index (κ2) is 8.02.